The summed E-state index contributed by atoms with van der Waals surface area (Å²) in [6, 6.07) is 0. The van der Waals surface area contributed by atoms with Crippen LogP contribution in [0.2, 0.25) is 0 Å². The maximum atomic E-state index is 12.6. The lowest BCUT2D eigenvalue weighted by Gasteiger charge is -2.51. The minimum atomic E-state index is -2.65. The summed E-state index contributed by atoms with van der Waals surface area (Å²) in [7, 11) is 0. The third kappa shape index (κ3) is 2.57. The fraction of sp³-hybridized carbons (Fsp3) is 0.778. The predicted molar refractivity (Wildman–Crippen MR) is 88.6 cm³/mol. The van der Waals surface area contributed by atoms with E-state index in [1.54, 1.807) is 0 Å². The molecule has 1 atom stereocenters. The molecule has 0 aromatic rings. The van der Waals surface area contributed by atoms with Gasteiger partial charge in [-0.25, -0.2) is 0 Å². The van der Waals surface area contributed by atoms with E-state index in [1.165, 1.54) is 0 Å². The smallest absolute Gasteiger partial charge is 0.322 e. The second kappa shape index (κ2) is 7.25. The van der Waals surface area contributed by atoms with Crippen LogP contribution < -0.4 is 0 Å². The van der Waals surface area contributed by atoms with Crippen molar-refractivity contribution in [3.8, 4) is 0 Å². The lowest BCUT2D eigenvalue weighted by molar-refractivity contribution is -0.209. The molecule has 8 heteroatoms. The average molecular weight is 370 g/mol. The number of hydrogen-bond acceptors (Lipinski definition) is 4. The summed E-state index contributed by atoms with van der Waals surface area (Å²) in [5.41, 5.74) is -6.95. The molecule has 0 heterocycles. The molecule has 4 N–H and O–H groups in total. The van der Waals surface area contributed by atoms with E-state index in [-0.39, 0.29) is 32.1 Å². The van der Waals surface area contributed by atoms with Gasteiger partial charge in [0.2, 0.25) is 0 Å². The number of aliphatic carboxylic acids is 4. The highest BCUT2D eigenvalue weighted by atomic mass is 16.4. The average Bonchev–Trinajstić information content (AvgIpc) is 2.92. The second-order valence-corrected chi connectivity index (χ2v) is 7.59. The Hall–Kier alpha value is -2.12. The Morgan fingerprint density at radius 2 is 0.923 bits per heavy atom. The number of carbonyl (C=O) groups is 4. The first-order valence-corrected chi connectivity index (χ1v) is 9.13. The van der Waals surface area contributed by atoms with Gasteiger partial charge in [0.25, 0.3) is 0 Å². The van der Waals surface area contributed by atoms with Gasteiger partial charge < -0.3 is 20.4 Å². The Morgan fingerprint density at radius 1 is 0.500 bits per heavy atom. The largest absolute Gasteiger partial charge is 0.481 e. The number of hydrogen-bond donors (Lipinski definition) is 4. The minimum Gasteiger partial charge on any atom is -0.481 e. The molecule has 2 rings (SSSR count). The minimum absolute atomic E-state index is 0.0169. The van der Waals surface area contributed by atoms with Crippen LogP contribution in [0.3, 0.4) is 0 Å². The summed E-state index contributed by atoms with van der Waals surface area (Å²) in [6.45, 7) is 0. The zero-order valence-electron chi connectivity index (χ0n) is 14.7. The predicted octanol–water partition coefficient (Wildman–Crippen LogP) is 2.60. The van der Waals surface area contributed by atoms with E-state index in [9.17, 15) is 39.6 Å². The fourth-order valence-electron chi connectivity index (χ4n) is 5.35. The van der Waals surface area contributed by atoms with Crippen molar-refractivity contribution in [3.63, 3.8) is 0 Å². The highest BCUT2D eigenvalue weighted by Crippen LogP contribution is 2.63. The Morgan fingerprint density at radius 3 is 1.35 bits per heavy atom. The van der Waals surface area contributed by atoms with E-state index < -0.39 is 40.1 Å². The molecule has 0 bridgehead atoms. The Bertz CT molecular complexity index is 588. The van der Waals surface area contributed by atoms with Crippen molar-refractivity contribution in [3.05, 3.63) is 0 Å². The Labute approximate surface area is 151 Å². The van der Waals surface area contributed by atoms with E-state index in [2.05, 4.69) is 0 Å². The lowest BCUT2D eigenvalue weighted by Crippen LogP contribution is -2.66. The molecular weight excluding hydrogens is 344 g/mol. The van der Waals surface area contributed by atoms with Crippen molar-refractivity contribution in [2.24, 2.45) is 16.2 Å². The molecule has 0 spiro atoms. The first kappa shape index (κ1) is 20.2. The maximum Gasteiger partial charge on any atom is 0.322 e. The third-order valence-electron chi connectivity index (χ3n) is 6.61. The molecule has 146 valence electrons. The topological polar surface area (TPSA) is 149 Å². The first-order chi connectivity index (χ1) is 12.2. The van der Waals surface area contributed by atoms with Gasteiger partial charge in [0, 0.05) is 0 Å². The summed E-state index contributed by atoms with van der Waals surface area (Å²) in [4.78, 5) is 49.5. The van der Waals surface area contributed by atoms with Gasteiger partial charge in [0.1, 0.15) is 5.41 Å². The molecule has 0 aliphatic heterocycles. The zero-order chi connectivity index (χ0) is 19.6. The van der Waals surface area contributed by atoms with Gasteiger partial charge in [-0.1, -0.05) is 44.9 Å². The molecule has 0 radical (unpaired) electrons. The summed E-state index contributed by atoms with van der Waals surface area (Å²) >= 11 is 0. The van der Waals surface area contributed by atoms with E-state index in [4.69, 9.17) is 0 Å². The maximum absolute atomic E-state index is 12.6. The van der Waals surface area contributed by atoms with Crippen LogP contribution in [0.25, 0.3) is 0 Å². The van der Waals surface area contributed by atoms with Gasteiger partial charge in [-0.15, -0.1) is 0 Å². The Kier molecular flexibility index (Phi) is 5.63. The van der Waals surface area contributed by atoms with Crippen molar-refractivity contribution in [2.45, 2.75) is 70.6 Å². The van der Waals surface area contributed by atoms with Crippen molar-refractivity contribution in [1.29, 1.82) is 0 Å². The van der Waals surface area contributed by atoms with Gasteiger partial charge in [-0.2, -0.15) is 0 Å². The van der Waals surface area contributed by atoms with Gasteiger partial charge >= 0.3 is 23.9 Å². The number of carboxylic acids is 4. The standard InChI is InChI=1S/C18H26O8/c19-12(20)16(8-4-1-2-5-9-16)18(15(25)26)11-7-3-6-10-17(18,13(21)22)14(23)24/h1-11H2,(H,19,20)(H,21,22)(H,23,24)(H,25,26). The van der Waals surface area contributed by atoms with E-state index >= 15 is 0 Å². The summed E-state index contributed by atoms with van der Waals surface area (Å²) in [5.74, 6) is -6.51. The van der Waals surface area contributed by atoms with E-state index in [0.717, 1.165) is 12.8 Å². The van der Waals surface area contributed by atoms with Gasteiger partial charge in [-0.05, 0) is 25.7 Å². The van der Waals surface area contributed by atoms with Crippen molar-refractivity contribution >= 4 is 23.9 Å². The molecule has 8 nitrogen and oxygen atoms in total. The first-order valence-electron chi connectivity index (χ1n) is 9.13. The number of carboxylic acid groups (broad SMARTS) is 4. The molecule has 2 fully saturated rings. The van der Waals surface area contributed by atoms with Crippen LogP contribution in [0.15, 0.2) is 0 Å². The third-order valence-corrected chi connectivity index (χ3v) is 6.61. The van der Waals surface area contributed by atoms with E-state index in [0.29, 0.717) is 25.7 Å². The monoisotopic (exact) mass is 370 g/mol. The van der Waals surface area contributed by atoms with Gasteiger partial charge in [-0.3, -0.25) is 19.2 Å². The quantitative estimate of drug-likeness (QED) is 0.426. The molecule has 2 aliphatic rings. The molecule has 26 heavy (non-hydrogen) atoms. The normalized spacial score (nSPS) is 28.3. The van der Waals surface area contributed by atoms with Crippen LogP contribution in [0.1, 0.15) is 70.6 Å². The highest BCUT2D eigenvalue weighted by Gasteiger charge is 2.76. The highest BCUT2D eigenvalue weighted by molar-refractivity contribution is 6.06. The number of rotatable bonds is 5. The summed E-state index contributed by atoms with van der Waals surface area (Å²) in [6.07, 6.45) is 2.67. The zero-order valence-corrected chi connectivity index (χ0v) is 14.7. The molecule has 0 aromatic heterocycles. The van der Waals surface area contributed by atoms with Crippen LogP contribution in [0.4, 0.5) is 0 Å². The van der Waals surface area contributed by atoms with Crippen LogP contribution in [-0.2, 0) is 19.2 Å². The van der Waals surface area contributed by atoms with Gasteiger partial charge in [0.05, 0.1) is 5.41 Å². The van der Waals surface area contributed by atoms with Crippen LogP contribution in [0, 0.1) is 16.2 Å². The molecule has 2 aliphatic carbocycles. The van der Waals surface area contributed by atoms with Crippen LogP contribution in [0.5, 0.6) is 0 Å². The molecule has 0 aromatic carbocycles. The summed E-state index contributed by atoms with van der Waals surface area (Å²) < 4.78 is 0. The molecule has 0 amide bonds. The van der Waals surface area contributed by atoms with Gasteiger partial charge in [0.15, 0.2) is 5.41 Å². The van der Waals surface area contributed by atoms with Crippen LogP contribution >= 0.6 is 0 Å². The van der Waals surface area contributed by atoms with Crippen molar-refractivity contribution < 1.29 is 39.6 Å². The summed E-state index contributed by atoms with van der Waals surface area (Å²) in [5, 5.41) is 40.2. The SMILES string of the molecule is O=C(O)C1(C2(C(=O)O)CCCCCC2(C(=O)O)C(=O)O)CCCCCC1. The van der Waals surface area contributed by atoms with Crippen LogP contribution in [-0.4, -0.2) is 44.3 Å². The molecule has 1 unspecified atom stereocenters. The van der Waals surface area contributed by atoms with Crippen molar-refractivity contribution in [2.75, 3.05) is 0 Å². The van der Waals surface area contributed by atoms with E-state index in [1.807, 2.05) is 0 Å². The Balaban J connectivity index is 2.89. The fourth-order valence-corrected chi connectivity index (χ4v) is 5.35. The molecule has 0 saturated heterocycles. The lowest BCUT2D eigenvalue weighted by atomic mass is 9.46. The second-order valence-electron chi connectivity index (χ2n) is 7.59. The molecule has 2 saturated carbocycles. The molecular formula is C18H26O8. The van der Waals surface area contributed by atoms with Crippen molar-refractivity contribution in [1.82, 2.24) is 0 Å².